The Morgan fingerprint density at radius 3 is 2.00 bits per heavy atom. The van der Waals surface area contributed by atoms with Crippen molar-refractivity contribution in [2.75, 3.05) is 11.5 Å². The SMILES string of the molecule is Cn1c(=O)n2n(c1=O)[C@H]1[C@H]3C4C5[C@]6(CS(=O)C[C@@]516)[C@@H]2[C@@H]43. The molecule has 1 aromatic heterocycles. The van der Waals surface area contributed by atoms with Gasteiger partial charge in [-0.25, -0.2) is 23.5 Å². The molecule has 5 fully saturated rings. The minimum absolute atomic E-state index is 0.115. The minimum Gasteiger partial charge on any atom is -0.260 e. The second kappa shape index (κ2) is 2.14. The van der Waals surface area contributed by atoms with E-state index in [9.17, 15) is 13.8 Å². The zero-order valence-electron chi connectivity index (χ0n) is 10.9. The summed E-state index contributed by atoms with van der Waals surface area (Å²) < 4.78 is 17.0. The van der Waals surface area contributed by atoms with Gasteiger partial charge in [0.1, 0.15) is 0 Å². The van der Waals surface area contributed by atoms with E-state index in [-0.39, 0.29) is 34.3 Å². The largest absolute Gasteiger partial charge is 0.347 e. The zero-order valence-corrected chi connectivity index (χ0v) is 11.7. The lowest BCUT2D eigenvalue weighted by Crippen LogP contribution is -2.52. The second-order valence-electron chi connectivity index (χ2n) is 7.72. The number of hydrogen-bond acceptors (Lipinski definition) is 3. The van der Waals surface area contributed by atoms with Crippen LogP contribution in [0.1, 0.15) is 12.1 Å². The highest BCUT2D eigenvalue weighted by molar-refractivity contribution is 7.85. The Labute approximate surface area is 115 Å². The molecule has 7 heteroatoms. The van der Waals surface area contributed by atoms with E-state index < -0.39 is 10.8 Å². The summed E-state index contributed by atoms with van der Waals surface area (Å²) in [5.74, 6) is 4.12. The van der Waals surface area contributed by atoms with Crippen LogP contribution < -0.4 is 11.4 Å². The lowest BCUT2D eigenvalue weighted by molar-refractivity contribution is 0.0280. The number of aromatic nitrogens is 3. The monoisotopic (exact) mass is 291 g/mol. The van der Waals surface area contributed by atoms with Gasteiger partial charge < -0.3 is 0 Å². The van der Waals surface area contributed by atoms with E-state index in [2.05, 4.69) is 0 Å². The fourth-order valence-corrected chi connectivity index (χ4v) is 10.1. The molecule has 2 bridgehead atoms. The fourth-order valence-electron chi connectivity index (χ4n) is 7.69. The highest BCUT2D eigenvalue weighted by atomic mass is 32.2. The van der Waals surface area contributed by atoms with E-state index >= 15 is 0 Å². The molecule has 1 saturated heterocycles. The summed E-state index contributed by atoms with van der Waals surface area (Å²) in [6.45, 7) is 0. The van der Waals surface area contributed by atoms with Gasteiger partial charge in [-0.2, -0.15) is 0 Å². The number of nitrogens with zero attached hydrogens (tertiary/aromatic N) is 3. The summed E-state index contributed by atoms with van der Waals surface area (Å²) in [4.78, 5) is 24.9. The first-order valence-corrected chi connectivity index (χ1v) is 8.81. The van der Waals surface area contributed by atoms with Crippen LogP contribution in [0.2, 0.25) is 0 Å². The standard InChI is InChI=1S/C13H13N3O3S/c1-14-10(17)15-8-5-4-6(5)9(16(15)11(14)18)13-3-20(19)2-12(8,13)7(4)13/h4-9H,2-3H2,1H3/t4?,5-,6-,7?,8-,9-,12+,13+,20?/m0/s1. The van der Waals surface area contributed by atoms with Gasteiger partial charge in [0, 0.05) is 40.2 Å². The van der Waals surface area contributed by atoms with Crippen LogP contribution in [-0.2, 0) is 17.8 Å². The molecule has 6 nitrogen and oxygen atoms in total. The van der Waals surface area contributed by atoms with Crippen LogP contribution in [0.5, 0.6) is 0 Å². The van der Waals surface area contributed by atoms with Gasteiger partial charge in [-0.1, -0.05) is 0 Å². The highest BCUT2D eigenvalue weighted by Crippen LogP contribution is 3.03. The zero-order chi connectivity index (χ0) is 13.3. The summed E-state index contributed by atoms with van der Waals surface area (Å²) in [6, 6.07) is 0.334. The Morgan fingerprint density at radius 1 is 1.00 bits per heavy atom. The molecular formula is C13H13N3O3S. The number of rotatable bonds is 0. The molecule has 4 saturated carbocycles. The Hall–Kier alpha value is -1.11. The van der Waals surface area contributed by atoms with Crippen LogP contribution in [-0.4, -0.2) is 29.6 Å². The second-order valence-corrected chi connectivity index (χ2v) is 9.18. The third kappa shape index (κ3) is 0.528. The molecule has 6 atom stereocenters. The fraction of sp³-hybridized carbons (Fsp3) is 0.846. The first kappa shape index (κ1) is 9.76. The van der Waals surface area contributed by atoms with Crippen LogP contribution in [0.25, 0.3) is 0 Å². The van der Waals surface area contributed by atoms with Gasteiger partial charge in [-0.15, -0.1) is 0 Å². The normalized spacial score (nSPS) is 64.3. The van der Waals surface area contributed by atoms with E-state index in [1.54, 1.807) is 16.4 Å². The molecule has 2 spiro atoms. The number of hydrogen-bond donors (Lipinski definition) is 0. The smallest absolute Gasteiger partial charge is 0.260 e. The van der Waals surface area contributed by atoms with Crippen molar-refractivity contribution in [2.45, 2.75) is 12.1 Å². The Bertz CT molecular complexity index is 843. The molecule has 0 unspecified atom stereocenters. The average Bonchev–Trinajstić information content (AvgIpc) is 3.04. The van der Waals surface area contributed by atoms with Crippen LogP contribution in [0.3, 0.4) is 0 Å². The maximum Gasteiger partial charge on any atom is 0.347 e. The Balaban J connectivity index is 1.69. The van der Waals surface area contributed by atoms with Gasteiger partial charge >= 0.3 is 11.4 Å². The van der Waals surface area contributed by atoms with Crippen LogP contribution in [0, 0.1) is 34.5 Å². The third-order valence-corrected chi connectivity index (χ3v) is 9.38. The van der Waals surface area contributed by atoms with Gasteiger partial charge in [0.05, 0.1) is 12.1 Å². The van der Waals surface area contributed by atoms with E-state index in [0.29, 0.717) is 17.8 Å². The average molecular weight is 291 g/mol. The third-order valence-electron chi connectivity index (χ3n) is 7.78. The topological polar surface area (TPSA) is 66.0 Å². The van der Waals surface area contributed by atoms with Crippen molar-refractivity contribution >= 4 is 10.8 Å². The molecule has 0 radical (unpaired) electrons. The lowest BCUT2D eigenvalue weighted by Gasteiger charge is -2.45. The summed E-state index contributed by atoms with van der Waals surface area (Å²) >= 11 is 0. The van der Waals surface area contributed by atoms with Crippen molar-refractivity contribution in [1.29, 1.82) is 0 Å². The molecule has 0 N–H and O–H groups in total. The highest BCUT2D eigenvalue weighted by Gasteiger charge is 3.04. The van der Waals surface area contributed by atoms with Crippen LogP contribution in [0.4, 0.5) is 0 Å². The quantitative estimate of drug-likeness (QED) is 0.597. The molecule has 104 valence electrons. The van der Waals surface area contributed by atoms with Gasteiger partial charge in [0.15, 0.2) is 0 Å². The van der Waals surface area contributed by atoms with Gasteiger partial charge in [-0.3, -0.25) is 4.21 Å². The first-order valence-electron chi connectivity index (χ1n) is 7.32. The van der Waals surface area contributed by atoms with Crippen molar-refractivity contribution < 1.29 is 4.21 Å². The summed E-state index contributed by atoms with van der Waals surface area (Å²) in [7, 11) is 0.827. The predicted octanol–water partition coefficient (Wildman–Crippen LogP) is -1.30. The van der Waals surface area contributed by atoms with Crippen molar-refractivity contribution in [3.63, 3.8) is 0 Å². The van der Waals surface area contributed by atoms with E-state index in [1.807, 2.05) is 0 Å². The van der Waals surface area contributed by atoms with E-state index in [1.165, 1.54) is 4.57 Å². The molecular weight excluding hydrogens is 278 g/mol. The summed E-state index contributed by atoms with van der Waals surface area (Å²) in [5.41, 5.74) is -0.0984. The maximum absolute atomic E-state index is 12.5. The van der Waals surface area contributed by atoms with Crippen LogP contribution >= 0.6 is 0 Å². The van der Waals surface area contributed by atoms with E-state index in [0.717, 1.165) is 17.4 Å². The summed E-state index contributed by atoms with van der Waals surface area (Å²) in [5, 5.41) is 0. The van der Waals surface area contributed by atoms with Crippen molar-refractivity contribution in [2.24, 2.45) is 41.5 Å². The predicted molar refractivity (Wildman–Crippen MR) is 68.7 cm³/mol. The van der Waals surface area contributed by atoms with Crippen molar-refractivity contribution in [3.05, 3.63) is 21.0 Å². The molecule has 4 aliphatic carbocycles. The molecule has 20 heavy (non-hydrogen) atoms. The van der Waals surface area contributed by atoms with Gasteiger partial charge in [-0.05, 0) is 23.7 Å². The van der Waals surface area contributed by atoms with Crippen molar-refractivity contribution in [3.8, 4) is 0 Å². The molecule has 4 heterocycles. The molecule has 0 amide bonds. The maximum atomic E-state index is 12.5. The molecule has 7 aliphatic rings. The molecule has 0 aromatic carbocycles. The summed E-state index contributed by atoms with van der Waals surface area (Å²) in [6.07, 6.45) is 0. The van der Waals surface area contributed by atoms with Gasteiger partial charge in [0.2, 0.25) is 0 Å². The van der Waals surface area contributed by atoms with Crippen LogP contribution in [0.15, 0.2) is 9.59 Å². The van der Waals surface area contributed by atoms with Gasteiger partial charge in [0.25, 0.3) is 0 Å². The Morgan fingerprint density at radius 2 is 1.50 bits per heavy atom. The van der Waals surface area contributed by atoms with Crippen molar-refractivity contribution in [1.82, 2.24) is 13.9 Å². The first-order chi connectivity index (χ1) is 9.57. The van der Waals surface area contributed by atoms with E-state index in [4.69, 9.17) is 0 Å². The minimum atomic E-state index is -0.752. The Kier molecular flexibility index (Phi) is 1.04. The molecule has 1 aromatic rings. The molecule has 8 rings (SSSR count). The lowest BCUT2D eigenvalue weighted by atomic mass is 9.73. The molecule has 3 aliphatic heterocycles.